The standard InChI is InChI=1S/C33H28I2N2O6S/c1-4-25-27(32(40)41-3)28(20-9-7-6-8-10-20)37-30(38)26(44-33(37)36-25)16-22-15-23(34)17-24(35)29(22)43-18-19-11-13-21(14-12-19)31(39)42-5-2/h6-17,28H,4-5,18H2,1-3H3/b26-16+/t28-/m0/s1. The molecule has 4 aromatic rings. The third-order valence-corrected chi connectivity index (χ3v) is 9.34. The number of fused-ring (bicyclic) bond motifs is 1. The minimum Gasteiger partial charge on any atom is -0.487 e. The van der Waals surface area contributed by atoms with Crippen LogP contribution in [-0.4, -0.2) is 30.2 Å². The summed E-state index contributed by atoms with van der Waals surface area (Å²) < 4.78 is 20.4. The lowest BCUT2D eigenvalue weighted by molar-refractivity contribution is -0.136. The van der Waals surface area contributed by atoms with Gasteiger partial charge < -0.3 is 14.2 Å². The van der Waals surface area contributed by atoms with Crippen molar-refractivity contribution in [2.75, 3.05) is 13.7 Å². The van der Waals surface area contributed by atoms with Crippen LogP contribution in [0.25, 0.3) is 6.08 Å². The molecule has 0 spiro atoms. The maximum absolute atomic E-state index is 14.1. The van der Waals surface area contributed by atoms with Crippen molar-refractivity contribution >= 4 is 74.5 Å². The van der Waals surface area contributed by atoms with E-state index in [9.17, 15) is 14.4 Å². The Balaban J connectivity index is 1.57. The molecule has 1 aliphatic heterocycles. The molecule has 0 amide bonds. The van der Waals surface area contributed by atoms with Crippen LogP contribution in [0.3, 0.4) is 0 Å². The molecule has 1 aliphatic rings. The van der Waals surface area contributed by atoms with Crippen LogP contribution in [0.5, 0.6) is 5.75 Å². The van der Waals surface area contributed by atoms with Gasteiger partial charge in [-0.2, -0.15) is 0 Å². The highest BCUT2D eigenvalue weighted by Gasteiger charge is 2.33. The van der Waals surface area contributed by atoms with Crippen LogP contribution in [-0.2, 0) is 20.9 Å². The molecule has 0 saturated carbocycles. The highest BCUT2D eigenvalue weighted by Crippen LogP contribution is 2.32. The molecular weight excluding hydrogens is 806 g/mol. The van der Waals surface area contributed by atoms with Gasteiger partial charge in [0.15, 0.2) is 4.80 Å². The molecule has 0 saturated heterocycles. The number of thiazole rings is 1. The third kappa shape index (κ3) is 6.69. The maximum atomic E-state index is 14.1. The summed E-state index contributed by atoms with van der Waals surface area (Å²) in [5, 5.41) is 0. The number of rotatable bonds is 9. The Labute approximate surface area is 285 Å². The van der Waals surface area contributed by atoms with Gasteiger partial charge in [0.25, 0.3) is 5.56 Å². The lowest BCUT2D eigenvalue weighted by atomic mass is 9.95. The van der Waals surface area contributed by atoms with E-state index in [0.29, 0.717) is 44.9 Å². The molecule has 5 rings (SSSR count). The number of carbonyl (C=O) groups excluding carboxylic acids is 2. The molecule has 0 N–H and O–H groups in total. The molecule has 0 radical (unpaired) electrons. The first kappa shape index (κ1) is 32.1. The molecule has 0 unspecified atom stereocenters. The Morgan fingerprint density at radius 1 is 1.02 bits per heavy atom. The molecule has 0 fully saturated rings. The van der Waals surface area contributed by atoms with Crippen molar-refractivity contribution in [3.05, 3.63) is 127 Å². The number of benzene rings is 3. The second-order valence-electron chi connectivity index (χ2n) is 9.71. The minimum atomic E-state index is -0.665. The zero-order chi connectivity index (χ0) is 31.4. The summed E-state index contributed by atoms with van der Waals surface area (Å²) in [5.41, 5.74) is 3.60. The molecule has 1 atom stereocenters. The highest BCUT2D eigenvalue weighted by atomic mass is 127. The largest absolute Gasteiger partial charge is 0.487 e. The van der Waals surface area contributed by atoms with Crippen molar-refractivity contribution in [1.29, 1.82) is 0 Å². The van der Waals surface area contributed by atoms with Crippen molar-refractivity contribution in [3.63, 3.8) is 0 Å². The van der Waals surface area contributed by atoms with Gasteiger partial charge in [-0.1, -0.05) is 60.7 Å². The van der Waals surface area contributed by atoms with E-state index in [1.54, 1.807) is 23.6 Å². The van der Waals surface area contributed by atoms with Crippen LogP contribution in [0.2, 0.25) is 0 Å². The Morgan fingerprint density at radius 2 is 1.75 bits per heavy atom. The van der Waals surface area contributed by atoms with Crippen molar-refractivity contribution in [3.8, 4) is 5.75 Å². The van der Waals surface area contributed by atoms with E-state index >= 15 is 0 Å². The first-order valence-corrected chi connectivity index (χ1v) is 16.8. The molecule has 8 nitrogen and oxygen atoms in total. The van der Waals surface area contributed by atoms with Crippen LogP contribution in [0, 0.1) is 7.14 Å². The van der Waals surface area contributed by atoms with E-state index in [1.807, 2.05) is 67.6 Å². The van der Waals surface area contributed by atoms with Gasteiger partial charge >= 0.3 is 11.9 Å². The molecule has 226 valence electrons. The lowest BCUT2D eigenvalue weighted by Crippen LogP contribution is -2.40. The van der Waals surface area contributed by atoms with Gasteiger partial charge in [-0.05, 0) is 100.0 Å². The fourth-order valence-corrected chi connectivity index (χ4v) is 7.96. The van der Waals surface area contributed by atoms with E-state index in [0.717, 1.165) is 23.8 Å². The zero-order valence-electron chi connectivity index (χ0n) is 24.1. The van der Waals surface area contributed by atoms with Gasteiger partial charge in [-0.3, -0.25) is 9.36 Å². The zero-order valence-corrected chi connectivity index (χ0v) is 29.3. The smallest absolute Gasteiger partial charge is 0.338 e. The first-order chi connectivity index (χ1) is 21.2. The number of hydrogen-bond acceptors (Lipinski definition) is 8. The third-order valence-electron chi connectivity index (χ3n) is 6.94. The second kappa shape index (κ2) is 14.2. The Morgan fingerprint density at radius 3 is 2.41 bits per heavy atom. The Bertz CT molecular complexity index is 1930. The average Bonchev–Trinajstić information content (AvgIpc) is 3.34. The number of esters is 2. The molecule has 0 aliphatic carbocycles. The van der Waals surface area contributed by atoms with Crippen molar-refractivity contribution < 1.29 is 23.8 Å². The van der Waals surface area contributed by atoms with Crippen molar-refractivity contribution in [2.24, 2.45) is 4.99 Å². The van der Waals surface area contributed by atoms with Gasteiger partial charge in [0, 0.05) is 9.13 Å². The van der Waals surface area contributed by atoms with Crippen LogP contribution in [0.15, 0.2) is 87.8 Å². The van der Waals surface area contributed by atoms with Crippen LogP contribution in [0.1, 0.15) is 53.4 Å². The Hall–Kier alpha value is -3.30. The topological polar surface area (TPSA) is 96.2 Å². The van der Waals surface area contributed by atoms with E-state index in [4.69, 9.17) is 19.2 Å². The molecule has 1 aromatic heterocycles. The number of hydrogen-bond donors (Lipinski definition) is 0. The number of allylic oxidation sites excluding steroid dienone is 1. The summed E-state index contributed by atoms with van der Waals surface area (Å²) in [6.07, 6.45) is 2.33. The SMILES string of the molecule is CCOC(=O)c1ccc(COc2c(I)cc(I)cc2/C=c2/sc3n(c2=O)[C@@H](c2ccccc2)C(C(=O)OC)=C(CC)N=3)cc1. The summed E-state index contributed by atoms with van der Waals surface area (Å²) in [6.45, 7) is 4.28. The monoisotopic (exact) mass is 834 g/mol. The lowest BCUT2D eigenvalue weighted by Gasteiger charge is -2.25. The molecule has 44 heavy (non-hydrogen) atoms. The van der Waals surface area contributed by atoms with E-state index in [2.05, 4.69) is 45.2 Å². The fourth-order valence-electron chi connectivity index (χ4n) is 4.90. The highest BCUT2D eigenvalue weighted by molar-refractivity contribution is 14.1. The summed E-state index contributed by atoms with van der Waals surface area (Å²) >= 11 is 5.75. The predicted octanol–water partition coefficient (Wildman–Crippen LogP) is 5.76. The normalized spacial score (nSPS) is 14.6. The number of methoxy groups -OCH3 is 1. The summed E-state index contributed by atoms with van der Waals surface area (Å²) in [5.74, 6) is -0.238. The number of carbonyl (C=O) groups is 2. The number of nitrogens with zero attached hydrogens (tertiary/aromatic N) is 2. The second-order valence-corrected chi connectivity index (χ2v) is 13.1. The van der Waals surface area contributed by atoms with Gasteiger partial charge in [0.05, 0.1) is 44.7 Å². The molecule has 11 heteroatoms. The minimum absolute atomic E-state index is 0.256. The Kier molecular flexibility index (Phi) is 10.4. The number of ether oxygens (including phenoxy) is 3. The van der Waals surface area contributed by atoms with Gasteiger partial charge in [0.2, 0.25) is 0 Å². The molecule has 2 heterocycles. The van der Waals surface area contributed by atoms with E-state index in [1.165, 1.54) is 18.4 Å². The predicted molar refractivity (Wildman–Crippen MR) is 185 cm³/mol. The van der Waals surface area contributed by atoms with Gasteiger partial charge in [0.1, 0.15) is 12.4 Å². The van der Waals surface area contributed by atoms with E-state index in [-0.39, 0.29) is 18.1 Å². The van der Waals surface area contributed by atoms with Gasteiger partial charge in [-0.15, -0.1) is 0 Å². The molecular formula is C33H28I2N2O6S. The first-order valence-electron chi connectivity index (χ1n) is 13.8. The maximum Gasteiger partial charge on any atom is 0.338 e. The summed E-state index contributed by atoms with van der Waals surface area (Å²) in [7, 11) is 1.34. The quantitative estimate of drug-likeness (QED) is 0.157. The van der Waals surface area contributed by atoms with Gasteiger partial charge in [-0.25, -0.2) is 14.6 Å². The molecule has 0 bridgehead atoms. The van der Waals surface area contributed by atoms with Crippen molar-refractivity contribution in [1.82, 2.24) is 4.57 Å². The fraction of sp³-hybridized carbons (Fsp3) is 0.212. The van der Waals surface area contributed by atoms with Crippen LogP contribution in [0.4, 0.5) is 0 Å². The molecule has 3 aromatic carbocycles. The summed E-state index contributed by atoms with van der Waals surface area (Å²) in [4.78, 5) is 44.4. The van der Waals surface area contributed by atoms with E-state index < -0.39 is 12.0 Å². The van der Waals surface area contributed by atoms with Crippen LogP contribution >= 0.6 is 56.5 Å². The van der Waals surface area contributed by atoms with Crippen molar-refractivity contribution in [2.45, 2.75) is 32.9 Å². The number of halogens is 2. The van der Waals surface area contributed by atoms with Crippen LogP contribution < -0.4 is 19.6 Å². The number of aromatic nitrogens is 1. The summed E-state index contributed by atoms with van der Waals surface area (Å²) in [6, 6.07) is 19.9. The average molecular weight is 834 g/mol.